The maximum atomic E-state index is 12.8. The molecule has 0 saturated carbocycles. The summed E-state index contributed by atoms with van der Waals surface area (Å²) < 4.78 is 1.96. The molecule has 5 heteroatoms. The van der Waals surface area contributed by atoms with Crippen molar-refractivity contribution in [1.82, 2.24) is 9.78 Å². The summed E-state index contributed by atoms with van der Waals surface area (Å²) in [6.07, 6.45) is 3.56. The Morgan fingerprint density at radius 1 is 1.06 bits per heavy atom. The highest BCUT2D eigenvalue weighted by atomic mass is 16.1. The molecule has 1 aromatic heterocycles. The Kier molecular flexibility index (Phi) is 4.57. The molecule has 0 radical (unpaired) electrons. The van der Waals surface area contributed by atoms with Gasteiger partial charge in [-0.15, -0.1) is 0 Å². The summed E-state index contributed by atoms with van der Waals surface area (Å²) in [5.41, 5.74) is 5.35. The molecule has 32 heavy (non-hydrogen) atoms. The fourth-order valence-electron chi connectivity index (χ4n) is 5.54. The van der Waals surface area contributed by atoms with Crippen LogP contribution in [0.15, 0.2) is 66.2 Å². The number of nitriles is 2. The predicted molar refractivity (Wildman–Crippen MR) is 121 cm³/mol. The van der Waals surface area contributed by atoms with Crippen LogP contribution >= 0.6 is 0 Å². The van der Waals surface area contributed by atoms with Crippen molar-refractivity contribution in [3.8, 4) is 29.1 Å². The molecule has 0 aliphatic heterocycles. The number of benzene rings is 2. The molecule has 3 atom stereocenters. The highest BCUT2D eigenvalue weighted by Gasteiger charge is 2.50. The monoisotopic (exact) mass is 418 g/mol. The summed E-state index contributed by atoms with van der Waals surface area (Å²) in [6, 6.07) is 21.8. The summed E-state index contributed by atoms with van der Waals surface area (Å²) in [4.78, 5) is 12.8. The summed E-state index contributed by atoms with van der Waals surface area (Å²) >= 11 is 0. The number of carbonyl (C=O) groups is 1. The number of carbonyl (C=O) groups excluding carboxylic acids is 1. The van der Waals surface area contributed by atoms with E-state index < -0.39 is 5.41 Å². The van der Waals surface area contributed by atoms with Gasteiger partial charge in [-0.2, -0.15) is 15.6 Å². The highest BCUT2D eigenvalue weighted by Crippen LogP contribution is 2.52. The van der Waals surface area contributed by atoms with Gasteiger partial charge in [0, 0.05) is 22.5 Å². The number of hydrogen-bond donors (Lipinski definition) is 0. The van der Waals surface area contributed by atoms with Crippen molar-refractivity contribution in [3.05, 3.63) is 83.1 Å². The SMILES string of the molecule is C[C@H]1C(=O)C(C#N)=C[C@@]2(C)c3c(c(-c4ccccc4)nn3-c3ccc(C#N)cc3)CC[C@H]12. The van der Waals surface area contributed by atoms with Gasteiger partial charge in [-0.3, -0.25) is 4.79 Å². The zero-order valence-corrected chi connectivity index (χ0v) is 18.0. The third-order valence-corrected chi connectivity index (χ3v) is 7.10. The van der Waals surface area contributed by atoms with Gasteiger partial charge in [-0.1, -0.05) is 50.3 Å². The zero-order chi connectivity index (χ0) is 22.5. The Morgan fingerprint density at radius 2 is 1.78 bits per heavy atom. The van der Waals surface area contributed by atoms with Crippen molar-refractivity contribution in [2.45, 2.75) is 32.1 Å². The number of hydrogen-bond acceptors (Lipinski definition) is 4. The molecular weight excluding hydrogens is 396 g/mol. The molecule has 2 aromatic carbocycles. The van der Waals surface area contributed by atoms with E-state index in [1.54, 1.807) is 12.1 Å². The molecule has 5 nitrogen and oxygen atoms in total. The van der Waals surface area contributed by atoms with Crippen LogP contribution in [-0.4, -0.2) is 15.6 Å². The van der Waals surface area contributed by atoms with Crippen LogP contribution in [-0.2, 0) is 16.6 Å². The lowest BCUT2D eigenvalue weighted by Crippen LogP contribution is -2.46. The van der Waals surface area contributed by atoms with Gasteiger partial charge in [0.1, 0.15) is 6.07 Å². The number of aromatic nitrogens is 2. The number of nitrogens with zero attached hydrogens (tertiary/aromatic N) is 4. The minimum Gasteiger partial charge on any atom is -0.293 e. The average molecular weight is 419 g/mol. The summed E-state index contributed by atoms with van der Waals surface area (Å²) in [5, 5.41) is 23.9. The Balaban J connectivity index is 1.81. The van der Waals surface area contributed by atoms with E-state index in [1.807, 2.05) is 48.0 Å². The minimum absolute atomic E-state index is 0.0638. The number of rotatable bonds is 2. The molecular formula is C27H22N4O. The van der Waals surface area contributed by atoms with Gasteiger partial charge >= 0.3 is 0 Å². The van der Waals surface area contributed by atoms with E-state index in [4.69, 9.17) is 5.10 Å². The van der Waals surface area contributed by atoms with Crippen molar-refractivity contribution in [3.63, 3.8) is 0 Å². The molecule has 0 saturated heterocycles. The van der Waals surface area contributed by atoms with E-state index in [9.17, 15) is 15.3 Å². The van der Waals surface area contributed by atoms with Gasteiger partial charge in [0.2, 0.25) is 0 Å². The largest absolute Gasteiger partial charge is 0.293 e. The lowest BCUT2D eigenvalue weighted by atomic mass is 9.57. The van der Waals surface area contributed by atoms with Crippen LogP contribution in [0.1, 0.15) is 37.1 Å². The van der Waals surface area contributed by atoms with Crippen LogP contribution in [0.3, 0.4) is 0 Å². The zero-order valence-electron chi connectivity index (χ0n) is 18.0. The van der Waals surface area contributed by atoms with Gasteiger partial charge in [0.25, 0.3) is 0 Å². The second-order valence-corrected chi connectivity index (χ2v) is 8.86. The third kappa shape index (κ3) is 2.82. The molecule has 0 N–H and O–H groups in total. The predicted octanol–water partition coefficient (Wildman–Crippen LogP) is 4.90. The molecule has 0 amide bonds. The van der Waals surface area contributed by atoms with Crippen molar-refractivity contribution in [2.75, 3.05) is 0 Å². The van der Waals surface area contributed by atoms with Gasteiger partial charge in [0.15, 0.2) is 5.78 Å². The fraction of sp³-hybridized carbons (Fsp3) is 0.259. The first kappa shape index (κ1) is 20.0. The van der Waals surface area contributed by atoms with Crippen LogP contribution < -0.4 is 0 Å². The molecule has 2 aliphatic carbocycles. The first-order valence-corrected chi connectivity index (χ1v) is 10.8. The molecule has 0 fully saturated rings. The molecule has 0 bridgehead atoms. The van der Waals surface area contributed by atoms with Crippen molar-refractivity contribution in [2.24, 2.45) is 11.8 Å². The van der Waals surface area contributed by atoms with Crippen LogP contribution in [0, 0.1) is 34.5 Å². The standard InChI is InChI=1S/C27H22N4O/c1-17-23-13-12-22-24(19-6-4-3-5-7-19)30-31(21-10-8-18(15-28)9-11-21)26(22)27(23,2)14-20(16-29)25(17)32/h3-11,14,17,23H,12-13H2,1-2H3/t17-,23-,27-/m1/s1. The normalized spacial score (nSPS) is 24.0. The van der Waals surface area contributed by atoms with E-state index in [1.165, 1.54) is 0 Å². The fourth-order valence-corrected chi connectivity index (χ4v) is 5.54. The summed E-state index contributed by atoms with van der Waals surface area (Å²) in [5.74, 6) is -0.194. The van der Waals surface area contributed by atoms with Crippen molar-refractivity contribution in [1.29, 1.82) is 10.5 Å². The number of ketones is 1. The van der Waals surface area contributed by atoms with Gasteiger partial charge in [-0.05, 0) is 43.0 Å². The Bertz CT molecular complexity index is 1340. The number of allylic oxidation sites excluding steroid dienone is 2. The maximum absolute atomic E-state index is 12.8. The molecule has 5 rings (SSSR count). The topological polar surface area (TPSA) is 82.5 Å². The van der Waals surface area contributed by atoms with E-state index in [2.05, 4.69) is 31.2 Å². The molecule has 2 aliphatic rings. The van der Waals surface area contributed by atoms with Crippen LogP contribution in [0.5, 0.6) is 0 Å². The molecule has 0 unspecified atom stereocenters. The smallest absolute Gasteiger partial charge is 0.176 e. The molecule has 156 valence electrons. The quantitative estimate of drug-likeness (QED) is 0.593. The van der Waals surface area contributed by atoms with Gasteiger partial charge in [0.05, 0.1) is 34.3 Å². The second kappa shape index (κ2) is 7.32. The van der Waals surface area contributed by atoms with E-state index in [0.717, 1.165) is 41.0 Å². The highest BCUT2D eigenvalue weighted by molar-refractivity contribution is 6.02. The molecule has 3 aromatic rings. The van der Waals surface area contributed by atoms with Crippen molar-refractivity contribution >= 4 is 5.78 Å². The minimum atomic E-state index is -0.500. The third-order valence-electron chi connectivity index (χ3n) is 7.10. The number of fused-ring (bicyclic) bond motifs is 3. The Morgan fingerprint density at radius 3 is 2.44 bits per heavy atom. The first-order valence-electron chi connectivity index (χ1n) is 10.8. The Labute approximate surface area is 187 Å². The Hall–Kier alpha value is -3.96. The molecule has 0 spiro atoms. The van der Waals surface area contributed by atoms with Gasteiger partial charge < -0.3 is 0 Å². The van der Waals surface area contributed by atoms with E-state index in [0.29, 0.717) is 5.56 Å². The van der Waals surface area contributed by atoms with Gasteiger partial charge in [-0.25, -0.2) is 4.68 Å². The lowest BCUT2D eigenvalue weighted by molar-refractivity contribution is -0.121. The average Bonchev–Trinajstić information content (AvgIpc) is 3.23. The van der Waals surface area contributed by atoms with Crippen LogP contribution in [0.4, 0.5) is 0 Å². The second-order valence-electron chi connectivity index (χ2n) is 8.86. The van der Waals surface area contributed by atoms with E-state index in [-0.39, 0.29) is 23.2 Å². The lowest BCUT2D eigenvalue weighted by Gasteiger charge is -2.45. The van der Waals surface area contributed by atoms with Crippen LogP contribution in [0.2, 0.25) is 0 Å². The van der Waals surface area contributed by atoms with Crippen LogP contribution in [0.25, 0.3) is 16.9 Å². The summed E-state index contributed by atoms with van der Waals surface area (Å²) in [6.45, 7) is 4.08. The molecule has 1 heterocycles. The van der Waals surface area contributed by atoms with Crippen molar-refractivity contribution < 1.29 is 4.79 Å². The number of Topliss-reactive ketones (excluding diaryl/α,β-unsaturated/α-hetero) is 1. The van der Waals surface area contributed by atoms with E-state index >= 15 is 0 Å². The first-order chi connectivity index (χ1) is 15.5. The summed E-state index contributed by atoms with van der Waals surface area (Å²) in [7, 11) is 0. The maximum Gasteiger partial charge on any atom is 0.176 e.